The van der Waals surface area contributed by atoms with E-state index in [0.717, 1.165) is 0 Å². The van der Waals surface area contributed by atoms with Crippen LogP contribution in [0.5, 0.6) is 11.5 Å². The summed E-state index contributed by atoms with van der Waals surface area (Å²) >= 11 is 0. The molecule has 0 fully saturated rings. The molecule has 2 atom stereocenters. The summed E-state index contributed by atoms with van der Waals surface area (Å²) in [5.41, 5.74) is 0. The monoisotopic (exact) mass is 570 g/mol. The van der Waals surface area contributed by atoms with E-state index < -0.39 is 42.2 Å². The summed E-state index contributed by atoms with van der Waals surface area (Å²) < 4.78 is 51.4. The van der Waals surface area contributed by atoms with Crippen LogP contribution in [-0.4, -0.2) is 81.0 Å². The maximum atomic E-state index is 11.0. The molecule has 2 aromatic carbocycles. The van der Waals surface area contributed by atoms with Crippen molar-refractivity contribution < 1.29 is 56.7 Å². The van der Waals surface area contributed by atoms with Crippen molar-refractivity contribution >= 4 is 99.5 Å². The first-order valence-electron chi connectivity index (χ1n) is 7.69. The Morgan fingerprint density at radius 2 is 0.758 bits per heavy atom. The van der Waals surface area contributed by atoms with Crippen molar-refractivity contribution in [3.63, 3.8) is 0 Å². The van der Waals surface area contributed by atoms with E-state index in [2.05, 4.69) is 9.05 Å². The van der Waals surface area contributed by atoms with Crippen LogP contribution in [0.3, 0.4) is 0 Å². The van der Waals surface area contributed by atoms with Gasteiger partial charge in [0.1, 0.15) is 11.5 Å². The van der Waals surface area contributed by atoms with E-state index >= 15 is 0 Å². The Labute approximate surface area is 238 Å². The third-order valence-corrected chi connectivity index (χ3v) is 9.19. The predicted octanol–water partition coefficient (Wildman–Crippen LogP) is -2.16. The second kappa shape index (κ2) is 16.7. The summed E-state index contributed by atoms with van der Waals surface area (Å²) in [7, 11) is -19.6. The van der Waals surface area contributed by atoms with Crippen molar-refractivity contribution in [1.82, 2.24) is 0 Å². The first-order valence-corrected chi connectivity index (χ1v) is 14.6. The fourth-order valence-electron chi connectivity index (χ4n) is 1.77. The van der Waals surface area contributed by atoms with Gasteiger partial charge < -0.3 is 47.5 Å². The Balaban J connectivity index is -0.000000500. The maximum absolute atomic E-state index is 11.0. The van der Waals surface area contributed by atoms with Gasteiger partial charge in [0.05, 0.1) is 11.8 Å². The molecule has 0 N–H and O–H groups in total. The van der Waals surface area contributed by atoms with Crippen LogP contribution in [0, 0.1) is 0 Å². The fourth-order valence-corrected chi connectivity index (χ4v) is 6.51. The minimum atomic E-state index is -5.12. The van der Waals surface area contributed by atoms with Crippen LogP contribution in [0.15, 0.2) is 60.7 Å². The van der Waals surface area contributed by atoms with Gasteiger partial charge in [-0.1, -0.05) is 51.6 Å². The minimum Gasteiger partial charge on any atom is -0.810 e. The van der Waals surface area contributed by atoms with Crippen LogP contribution in [0.4, 0.5) is 0 Å². The van der Waals surface area contributed by atoms with Crippen molar-refractivity contribution in [2.24, 2.45) is 0 Å². The molecule has 19 heteroatoms. The van der Waals surface area contributed by atoms with Crippen LogP contribution < -0.4 is 38.4 Å². The molecule has 2 aromatic rings. The average Bonchev–Trinajstić information content (AvgIpc) is 2.51. The number of rotatable bonds is 8. The molecule has 0 aliphatic rings. The van der Waals surface area contributed by atoms with Gasteiger partial charge in [0.15, 0.2) is 15.2 Å². The predicted molar refractivity (Wildman–Crippen MR) is 112 cm³/mol. The summed E-state index contributed by atoms with van der Waals surface area (Å²) in [5.74, 6) is -3.09. The zero-order valence-electron chi connectivity index (χ0n) is 17.0. The Bertz CT molecular complexity index is 918. The first kappa shape index (κ1) is 38.5. The molecule has 0 saturated heterocycles. The smallest absolute Gasteiger partial charge is 0.810 e. The summed E-state index contributed by atoms with van der Waals surface area (Å²) in [6.07, 6.45) is 0. The summed E-state index contributed by atoms with van der Waals surface area (Å²) in [4.78, 5) is 63.1. The molecule has 0 aromatic heterocycles. The Morgan fingerprint density at radius 3 is 0.970 bits per heavy atom. The number of hydrogen-bond acceptors (Lipinski definition) is 12. The molecular weight excluding hydrogens is 557 g/mol. The zero-order chi connectivity index (χ0) is 23.1. The van der Waals surface area contributed by atoms with Crippen molar-refractivity contribution in [2.45, 2.75) is 0 Å². The number of para-hydroxylation sites is 2. The molecule has 0 saturated carbocycles. The van der Waals surface area contributed by atoms with E-state index in [-0.39, 0.29) is 80.7 Å². The molecule has 0 aliphatic carbocycles. The summed E-state index contributed by atoms with van der Waals surface area (Å²) in [6, 6.07) is 14.7. The molecule has 0 radical (unpaired) electrons. The molecule has 168 valence electrons. The molecule has 2 unspecified atom stereocenters. The zero-order valence-corrected chi connectivity index (χ0v) is 24.8. The summed E-state index contributed by atoms with van der Waals surface area (Å²) in [6.45, 7) is 0. The molecule has 0 bridgehead atoms. The van der Waals surface area contributed by atoms with Crippen LogP contribution in [-0.2, 0) is 18.3 Å². The normalized spacial score (nSPS) is 14.2. The summed E-state index contributed by atoms with van der Waals surface area (Å²) in [5, 5.41) is 0. The van der Waals surface area contributed by atoms with Crippen LogP contribution in [0.2, 0.25) is 0 Å². The molecule has 2 rings (SSSR count). The van der Waals surface area contributed by atoms with Crippen molar-refractivity contribution in [3.05, 3.63) is 60.7 Å². The molecule has 0 aliphatic heterocycles. The first-order chi connectivity index (χ1) is 13.6. The van der Waals surface area contributed by atoms with E-state index in [4.69, 9.17) is 0 Å². The molecule has 0 heterocycles. The van der Waals surface area contributed by atoms with Gasteiger partial charge in [0.25, 0.3) is 0 Å². The van der Waals surface area contributed by atoms with Crippen molar-refractivity contribution in [2.75, 3.05) is 11.8 Å². The van der Waals surface area contributed by atoms with Crippen LogP contribution in [0.25, 0.3) is 0 Å². The topological polar surface area (TPSA) is 225 Å². The van der Waals surface area contributed by atoms with Crippen molar-refractivity contribution in [3.8, 4) is 11.5 Å². The standard InChI is InChI=1S/2C7H10O6P2.3Mg/c2*8-14(9,10)6-15(11,12)13-7-4-2-1-3-5-7;;;/h2*1-5H,6H2,(H,11,12)(H2,8,9,10);;;/q;;3*+2/p-6. The van der Waals surface area contributed by atoms with E-state index in [0.29, 0.717) is 0 Å². The van der Waals surface area contributed by atoms with Crippen LogP contribution in [0.1, 0.15) is 0 Å². The second-order valence-electron chi connectivity index (χ2n) is 5.54. The van der Waals surface area contributed by atoms with E-state index in [1.54, 1.807) is 12.1 Å². The Hall–Kier alpha value is 1.02. The molecule has 12 nitrogen and oxygen atoms in total. The van der Waals surface area contributed by atoms with E-state index in [9.17, 15) is 47.6 Å². The molecule has 33 heavy (non-hydrogen) atoms. The van der Waals surface area contributed by atoms with Gasteiger partial charge in [-0.25, -0.2) is 0 Å². The van der Waals surface area contributed by atoms with E-state index in [1.807, 2.05) is 0 Å². The SMILES string of the molecule is O=P([O-])([O-])CP(=O)([O-])Oc1ccccc1.O=P([O-])([O-])CP(=O)([O-])Oc1ccccc1.[Mg+2].[Mg+2].[Mg+2]. The van der Waals surface area contributed by atoms with Crippen molar-refractivity contribution in [1.29, 1.82) is 0 Å². The van der Waals surface area contributed by atoms with Gasteiger partial charge >= 0.3 is 69.2 Å². The quantitative estimate of drug-likeness (QED) is 0.244. The third-order valence-electron chi connectivity index (χ3n) is 2.67. The Morgan fingerprint density at radius 1 is 0.515 bits per heavy atom. The second-order valence-corrected chi connectivity index (χ2v) is 13.1. The maximum Gasteiger partial charge on any atom is 2.00 e. The minimum absolute atomic E-state index is 0. The Kier molecular flexibility index (Phi) is 19.5. The molecule has 0 amide bonds. The van der Waals surface area contributed by atoms with Gasteiger partial charge in [0.2, 0.25) is 0 Å². The van der Waals surface area contributed by atoms with Gasteiger partial charge in [0, 0.05) is 0 Å². The van der Waals surface area contributed by atoms with Gasteiger partial charge in [-0.15, -0.1) is 0 Å². The van der Waals surface area contributed by atoms with Crippen LogP contribution >= 0.6 is 30.4 Å². The third kappa shape index (κ3) is 20.9. The van der Waals surface area contributed by atoms with Gasteiger partial charge in [-0.2, -0.15) is 0 Å². The number of benzene rings is 2. The molecular formula is C14H14Mg3O12P4. The fraction of sp³-hybridized carbons (Fsp3) is 0.143. The van der Waals surface area contributed by atoms with Gasteiger partial charge in [-0.05, 0) is 24.3 Å². The largest absolute Gasteiger partial charge is 2.00 e. The number of hydrogen-bond donors (Lipinski definition) is 0. The molecule has 0 spiro atoms. The van der Waals surface area contributed by atoms with E-state index in [1.165, 1.54) is 48.5 Å². The average molecular weight is 571 g/mol. The van der Waals surface area contributed by atoms with Gasteiger partial charge in [-0.3, -0.25) is 9.13 Å².